The van der Waals surface area contributed by atoms with E-state index in [1.54, 1.807) is 6.20 Å². The molecule has 0 bridgehead atoms. The third kappa shape index (κ3) is 4.02. The standard InChI is InChI=1S/C11H20N4O/c1-4-12-11-13-7-6-10(14-11)15(3)8-9-16-5-2/h6-7H,4-5,8-9H2,1-3H3,(H,12,13,14). The van der Waals surface area contributed by atoms with Crippen molar-refractivity contribution in [2.45, 2.75) is 13.8 Å². The van der Waals surface area contributed by atoms with Crippen molar-refractivity contribution in [3.8, 4) is 0 Å². The van der Waals surface area contributed by atoms with E-state index in [1.165, 1.54) is 0 Å². The third-order valence-corrected chi connectivity index (χ3v) is 2.14. The number of hydrogen-bond donors (Lipinski definition) is 1. The van der Waals surface area contributed by atoms with Crippen LogP contribution in [-0.4, -0.2) is 43.3 Å². The molecule has 0 unspecified atom stereocenters. The zero-order valence-corrected chi connectivity index (χ0v) is 10.2. The van der Waals surface area contributed by atoms with Crippen molar-refractivity contribution in [1.82, 2.24) is 9.97 Å². The van der Waals surface area contributed by atoms with Gasteiger partial charge in [0.25, 0.3) is 0 Å². The van der Waals surface area contributed by atoms with E-state index in [9.17, 15) is 0 Å². The average Bonchev–Trinajstić information content (AvgIpc) is 2.30. The highest BCUT2D eigenvalue weighted by Gasteiger charge is 2.03. The molecule has 0 amide bonds. The fourth-order valence-corrected chi connectivity index (χ4v) is 1.27. The molecule has 5 heteroatoms. The first-order valence-electron chi connectivity index (χ1n) is 5.63. The Morgan fingerprint density at radius 1 is 1.44 bits per heavy atom. The van der Waals surface area contributed by atoms with Crippen LogP contribution >= 0.6 is 0 Å². The first-order chi connectivity index (χ1) is 7.77. The molecule has 16 heavy (non-hydrogen) atoms. The molecule has 0 aliphatic heterocycles. The highest BCUT2D eigenvalue weighted by molar-refractivity contribution is 5.41. The molecule has 90 valence electrons. The summed E-state index contributed by atoms with van der Waals surface area (Å²) in [6, 6.07) is 1.90. The molecule has 0 atom stereocenters. The van der Waals surface area contributed by atoms with Gasteiger partial charge in [-0.05, 0) is 19.9 Å². The summed E-state index contributed by atoms with van der Waals surface area (Å²) in [6.07, 6.45) is 1.76. The summed E-state index contributed by atoms with van der Waals surface area (Å²) in [6.45, 7) is 7.14. The first kappa shape index (κ1) is 12.7. The van der Waals surface area contributed by atoms with Crippen LogP contribution in [0.2, 0.25) is 0 Å². The Labute approximate surface area is 96.8 Å². The Bertz CT molecular complexity index is 306. The summed E-state index contributed by atoms with van der Waals surface area (Å²) < 4.78 is 5.30. The summed E-state index contributed by atoms with van der Waals surface area (Å²) in [7, 11) is 2.00. The van der Waals surface area contributed by atoms with E-state index in [4.69, 9.17) is 4.74 Å². The molecule has 0 fully saturated rings. The van der Waals surface area contributed by atoms with Crippen molar-refractivity contribution in [2.75, 3.05) is 43.6 Å². The van der Waals surface area contributed by atoms with Gasteiger partial charge in [-0.2, -0.15) is 4.98 Å². The van der Waals surface area contributed by atoms with Crippen LogP contribution in [0.15, 0.2) is 12.3 Å². The molecular formula is C11H20N4O. The molecule has 1 heterocycles. The zero-order valence-electron chi connectivity index (χ0n) is 10.2. The van der Waals surface area contributed by atoms with E-state index in [0.29, 0.717) is 12.6 Å². The number of aromatic nitrogens is 2. The molecule has 5 nitrogen and oxygen atoms in total. The summed E-state index contributed by atoms with van der Waals surface area (Å²) in [5.74, 6) is 1.58. The lowest BCUT2D eigenvalue weighted by atomic mass is 10.5. The minimum Gasteiger partial charge on any atom is -0.380 e. The van der Waals surface area contributed by atoms with E-state index in [0.717, 1.165) is 25.5 Å². The molecule has 0 aromatic carbocycles. The number of likely N-dealkylation sites (N-methyl/N-ethyl adjacent to an activating group) is 1. The quantitative estimate of drug-likeness (QED) is 0.709. The van der Waals surface area contributed by atoms with Crippen molar-refractivity contribution in [1.29, 1.82) is 0 Å². The molecule has 0 aliphatic carbocycles. The monoisotopic (exact) mass is 224 g/mol. The van der Waals surface area contributed by atoms with Crippen LogP contribution in [0, 0.1) is 0 Å². The summed E-state index contributed by atoms with van der Waals surface area (Å²) in [5, 5.41) is 3.09. The number of nitrogens with zero attached hydrogens (tertiary/aromatic N) is 3. The zero-order chi connectivity index (χ0) is 11.8. The van der Waals surface area contributed by atoms with Crippen LogP contribution in [0.1, 0.15) is 13.8 Å². The Kier molecular flexibility index (Phi) is 5.56. The Morgan fingerprint density at radius 2 is 2.25 bits per heavy atom. The number of nitrogens with one attached hydrogen (secondary N) is 1. The second-order valence-corrected chi connectivity index (χ2v) is 3.39. The van der Waals surface area contributed by atoms with Crippen molar-refractivity contribution in [3.63, 3.8) is 0 Å². The van der Waals surface area contributed by atoms with Crippen molar-refractivity contribution in [2.24, 2.45) is 0 Å². The van der Waals surface area contributed by atoms with Crippen LogP contribution in [-0.2, 0) is 4.74 Å². The molecule has 1 rings (SSSR count). The lowest BCUT2D eigenvalue weighted by molar-refractivity contribution is 0.154. The van der Waals surface area contributed by atoms with Gasteiger partial charge in [0.05, 0.1) is 6.61 Å². The molecule has 0 spiro atoms. The van der Waals surface area contributed by atoms with E-state index in [-0.39, 0.29) is 0 Å². The van der Waals surface area contributed by atoms with Gasteiger partial charge in [0.2, 0.25) is 5.95 Å². The molecule has 1 aromatic heterocycles. The molecule has 0 aliphatic rings. The van der Waals surface area contributed by atoms with Gasteiger partial charge in [0, 0.05) is 32.9 Å². The van der Waals surface area contributed by atoms with Gasteiger partial charge >= 0.3 is 0 Å². The van der Waals surface area contributed by atoms with Crippen LogP contribution in [0.4, 0.5) is 11.8 Å². The van der Waals surface area contributed by atoms with Gasteiger partial charge in [-0.15, -0.1) is 0 Å². The van der Waals surface area contributed by atoms with E-state index >= 15 is 0 Å². The van der Waals surface area contributed by atoms with E-state index in [1.807, 2.05) is 27.0 Å². The normalized spacial score (nSPS) is 10.2. The fourth-order valence-electron chi connectivity index (χ4n) is 1.27. The van der Waals surface area contributed by atoms with Crippen molar-refractivity contribution in [3.05, 3.63) is 12.3 Å². The predicted molar refractivity (Wildman–Crippen MR) is 66.0 cm³/mol. The van der Waals surface area contributed by atoms with Crippen LogP contribution in [0.3, 0.4) is 0 Å². The fraction of sp³-hybridized carbons (Fsp3) is 0.636. The van der Waals surface area contributed by atoms with Gasteiger partial charge in [-0.25, -0.2) is 4.98 Å². The van der Waals surface area contributed by atoms with Crippen LogP contribution in [0.25, 0.3) is 0 Å². The number of hydrogen-bond acceptors (Lipinski definition) is 5. The van der Waals surface area contributed by atoms with Gasteiger partial charge < -0.3 is 15.0 Å². The van der Waals surface area contributed by atoms with Gasteiger partial charge in [0.1, 0.15) is 5.82 Å². The highest BCUT2D eigenvalue weighted by atomic mass is 16.5. The third-order valence-electron chi connectivity index (χ3n) is 2.14. The van der Waals surface area contributed by atoms with Crippen LogP contribution < -0.4 is 10.2 Å². The summed E-state index contributed by atoms with van der Waals surface area (Å²) in [5.41, 5.74) is 0. The minimum absolute atomic E-state index is 0.670. The summed E-state index contributed by atoms with van der Waals surface area (Å²) in [4.78, 5) is 10.6. The SMILES string of the molecule is CCNc1nccc(N(C)CCOCC)n1. The maximum Gasteiger partial charge on any atom is 0.224 e. The molecular weight excluding hydrogens is 204 g/mol. The van der Waals surface area contributed by atoms with E-state index in [2.05, 4.69) is 20.2 Å². The largest absolute Gasteiger partial charge is 0.380 e. The average molecular weight is 224 g/mol. The maximum atomic E-state index is 5.30. The molecule has 1 aromatic rings. The highest BCUT2D eigenvalue weighted by Crippen LogP contribution is 2.09. The second kappa shape index (κ2) is 7.00. The Hall–Kier alpha value is -1.36. The van der Waals surface area contributed by atoms with Crippen molar-refractivity contribution >= 4 is 11.8 Å². The molecule has 1 N–H and O–H groups in total. The smallest absolute Gasteiger partial charge is 0.224 e. The lowest BCUT2D eigenvalue weighted by Gasteiger charge is -2.18. The lowest BCUT2D eigenvalue weighted by Crippen LogP contribution is -2.23. The van der Waals surface area contributed by atoms with Crippen molar-refractivity contribution < 1.29 is 4.74 Å². The Balaban J connectivity index is 2.53. The second-order valence-electron chi connectivity index (χ2n) is 3.39. The maximum absolute atomic E-state index is 5.30. The van der Waals surface area contributed by atoms with E-state index < -0.39 is 0 Å². The van der Waals surface area contributed by atoms with Gasteiger partial charge in [0.15, 0.2) is 0 Å². The number of rotatable bonds is 7. The van der Waals surface area contributed by atoms with Gasteiger partial charge in [-0.3, -0.25) is 0 Å². The number of anilines is 2. The molecule has 0 radical (unpaired) electrons. The molecule has 0 saturated carbocycles. The minimum atomic E-state index is 0.670. The topological polar surface area (TPSA) is 50.3 Å². The Morgan fingerprint density at radius 3 is 2.94 bits per heavy atom. The first-order valence-corrected chi connectivity index (χ1v) is 5.63. The predicted octanol–water partition coefficient (Wildman–Crippen LogP) is 1.38. The number of ether oxygens (including phenoxy) is 1. The van der Waals surface area contributed by atoms with Gasteiger partial charge in [-0.1, -0.05) is 0 Å². The molecule has 0 saturated heterocycles. The van der Waals surface area contributed by atoms with Crippen LogP contribution in [0.5, 0.6) is 0 Å². The summed E-state index contributed by atoms with van der Waals surface area (Å²) >= 11 is 0.